The van der Waals surface area contributed by atoms with Crippen molar-refractivity contribution in [2.45, 2.75) is 57.8 Å². The molecule has 0 atom stereocenters. The molecule has 1 aliphatic carbocycles. The first-order chi connectivity index (χ1) is 15.5. The molecule has 0 spiro atoms. The van der Waals surface area contributed by atoms with Gasteiger partial charge in [-0.15, -0.1) is 0 Å². The van der Waals surface area contributed by atoms with E-state index in [1.807, 2.05) is 19.1 Å². The Labute approximate surface area is 189 Å². The van der Waals surface area contributed by atoms with Crippen LogP contribution in [0.5, 0.6) is 0 Å². The zero-order chi connectivity index (χ0) is 22.5. The summed E-state index contributed by atoms with van der Waals surface area (Å²) in [6.07, 6.45) is 7.60. The van der Waals surface area contributed by atoms with Gasteiger partial charge in [-0.25, -0.2) is 4.39 Å². The second-order valence-corrected chi connectivity index (χ2v) is 9.15. The van der Waals surface area contributed by atoms with Gasteiger partial charge in [0.15, 0.2) is 0 Å². The lowest BCUT2D eigenvalue weighted by Crippen LogP contribution is -2.39. The number of benzene rings is 1. The highest BCUT2D eigenvalue weighted by atomic mass is 19.1. The lowest BCUT2D eigenvalue weighted by molar-refractivity contribution is 0.0705. The molecule has 1 N–H and O–H groups in total. The van der Waals surface area contributed by atoms with Crippen molar-refractivity contribution in [1.82, 2.24) is 15.2 Å². The third kappa shape index (κ3) is 5.17. The summed E-state index contributed by atoms with van der Waals surface area (Å²) in [4.78, 5) is 32.2. The van der Waals surface area contributed by atoms with Gasteiger partial charge in [-0.05, 0) is 62.8 Å². The minimum atomic E-state index is -0.489. The molecule has 2 aromatic rings. The van der Waals surface area contributed by atoms with Crippen molar-refractivity contribution in [1.29, 1.82) is 0 Å². The maximum Gasteiger partial charge on any atom is 0.256 e. The van der Waals surface area contributed by atoms with E-state index in [-0.39, 0.29) is 23.3 Å². The standard InChI is InChI=1S/C26H32FN3O2/c1-18-11-12-22(25(31)28-17-19-7-3-2-4-8-19)24(29-18)20-13-15-30(16-14-20)26(32)21-9-5-6-10-23(21)27/h5-6,9-12,19-20H,2-4,7-8,13-17H2,1H3,(H,28,31). The smallest absolute Gasteiger partial charge is 0.256 e. The lowest BCUT2D eigenvalue weighted by atomic mass is 9.88. The van der Waals surface area contributed by atoms with Crippen LogP contribution in [0.3, 0.4) is 0 Å². The summed E-state index contributed by atoms with van der Waals surface area (Å²) in [5.74, 6) is -0.138. The highest BCUT2D eigenvalue weighted by molar-refractivity contribution is 5.96. The number of hydrogen-bond acceptors (Lipinski definition) is 3. The predicted octanol–water partition coefficient (Wildman–Crippen LogP) is 4.86. The number of carbonyl (C=O) groups excluding carboxylic acids is 2. The van der Waals surface area contributed by atoms with Crippen molar-refractivity contribution in [3.8, 4) is 0 Å². The van der Waals surface area contributed by atoms with Crippen molar-refractivity contribution in [3.05, 3.63) is 64.7 Å². The van der Waals surface area contributed by atoms with E-state index < -0.39 is 5.82 Å². The third-order valence-electron chi connectivity index (χ3n) is 6.86. The molecule has 0 radical (unpaired) electrons. The summed E-state index contributed by atoms with van der Waals surface area (Å²) in [6, 6.07) is 9.87. The van der Waals surface area contributed by atoms with Crippen LogP contribution in [0.1, 0.15) is 83.0 Å². The van der Waals surface area contributed by atoms with Crippen LogP contribution < -0.4 is 5.32 Å². The van der Waals surface area contributed by atoms with E-state index >= 15 is 0 Å². The molecule has 1 aromatic heterocycles. The van der Waals surface area contributed by atoms with Crippen LogP contribution in [0.2, 0.25) is 0 Å². The number of likely N-dealkylation sites (tertiary alicyclic amines) is 1. The van der Waals surface area contributed by atoms with Crippen LogP contribution in [0.25, 0.3) is 0 Å². The number of rotatable bonds is 5. The molecule has 2 fully saturated rings. The van der Waals surface area contributed by atoms with Crippen LogP contribution >= 0.6 is 0 Å². The third-order valence-corrected chi connectivity index (χ3v) is 6.86. The predicted molar refractivity (Wildman–Crippen MR) is 122 cm³/mol. The Balaban J connectivity index is 1.41. The van der Waals surface area contributed by atoms with Gasteiger partial charge in [0.1, 0.15) is 5.82 Å². The lowest BCUT2D eigenvalue weighted by Gasteiger charge is -2.32. The highest BCUT2D eigenvalue weighted by Crippen LogP contribution is 2.30. The fourth-order valence-corrected chi connectivity index (χ4v) is 4.96. The number of nitrogens with zero attached hydrogens (tertiary/aromatic N) is 2. The van der Waals surface area contributed by atoms with Crippen LogP contribution in [0, 0.1) is 18.7 Å². The van der Waals surface area contributed by atoms with Crippen LogP contribution in [-0.4, -0.2) is 41.3 Å². The number of piperidine rings is 1. The Morgan fingerprint density at radius 1 is 1.00 bits per heavy atom. The number of carbonyl (C=O) groups is 2. The first-order valence-corrected chi connectivity index (χ1v) is 11.8. The largest absolute Gasteiger partial charge is 0.352 e. The van der Waals surface area contributed by atoms with Crippen molar-refractivity contribution in [3.63, 3.8) is 0 Å². The Bertz CT molecular complexity index is 963. The molecule has 2 heterocycles. The minimum Gasteiger partial charge on any atom is -0.352 e. The number of amides is 2. The molecule has 0 bridgehead atoms. The van der Waals surface area contributed by atoms with E-state index in [2.05, 4.69) is 5.32 Å². The van der Waals surface area contributed by atoms with Gasteiger partial charge in [-0.3, -0.25) is 14.6 Å². The maximum absolute atomic E-state index is 14.0. The molecule has 6 heteroatoms. The molecular formula is C26H32FN3O2. The van der Waals surface area contributed by atoms with E-state index in [1.165, 1.54) is 44.2 Å². The summed E-state index contributed by atoms with van der Waals surface area (Å²) in [7, 11) is 0. The van der Waals surface area contributed by atoms with Gasteiger partial charge in [0, 0.05) is 31.2 Å². The molecule has 1 aliphatic heterocycles. The quantitative estimate of drug-likeness (QED) is 0.727. The van der Waals surface area contributed by atoms with Crippen LogP contribution in [0.4, 0.5) is 4.39 Å². The molecule has 1 saturated carbocycles. The molecule has 2 amide bonds. The first-order valence-electron chi connectivity index (χ1n) is 11.8. The van der Waals surface area contributed by atoms with E-state index in [4.69, 9.17) is 4.98 Å². The topological polar surface area (TPSA) is 62.3 Å². The molecule has 0 unspecified atom stereocenters. The monoisotopic (exact) mass is 437 g/mol. The van der Waals surface area contributed by atoms with Crippen LogP contribution in [0.15, 0.2) is 36.4 Å². The first kappa shape index (κ1) is 22.4. The molecular weight excluding hydrogens is 405 g/mol. The van der Waals surface area contributed by atoms with Gasteiger partial charge in [0.2, 0.25) is 0 Å². The Kier molecular flexibility index (Phi) is 7.18. The highest BCUT2D eigenvalue weighted by Gasteiger charge is 2.29. The van der Waals surface area contributed by atoms with Crippen molar-refractivity contribution >= 4 is 11.8 Å². The summed E-state index contributed by atoms with van der Waals surface area (Å²) < 4.78 is 14.0. The molecule has 4 rings (SSSR count). The van der Waals surface area contributed by atoms with Gasteiger partial charge < -0.3 is 10.2 Å². The van der Waals surface area contributed by atoms with Gasteiger partial charge in [-0.1, -0.05) is 31.4 Å². The number of pyridine rings is 1. The number of aryl methyl sites for hydroxylation is 1. The summed E-state index contributed by atoms with van der Waals surface area (Å²) in [5.41, 5.74) is 2.46. The van der Waals surface area contributed by atoms with Crippen molar-refractivity contribution in [2.75, 3.05) is 19.6 Å². The maximum atomic E-state index is 14.0. The number of aromatic nitrogens is 1. The Morgan fingerprint density at radius 2 is 1.72 bits per heavy atom. The summed E-state index contributed by atoms with van der Waals surface area (Å²) in [5, 5.41) is 3.14. The van der Waals surface area contributed by atoms with Gasteiger partial charge >= 0.3 is 0 Å². The number of hydrogen-bond donors (Lipinski definition) is 1. The van der Waals surface area contributed by atoms with E-state index in [0.29, 0.717) is 37.4 Å². The molecule has 2 aliphatic rings. The zero-order valence-corrected chi connectivity index (χ0v) is 18.8. The zero-order valence-electron chi connectivity index (χ0n) is 18.8. The molecule has 1 saturated heterocycles. The SMILES string of the molecule is Cc1ccc(C(=O)NCC2CCCCC2)c(C2CCN(C(=O)c3ccccc3F)CC2)n1. The van der Waals surface area contributed by atoms with Gasteiger partial charge in [0.05, 0.1) is 16.8 Å². The molecule has 170 valence electrons. The second kappa shape index (κ2) is 10.2. The normalized spacial score (nSPS) is 17.9. The second-order valence-electron chi connectivity index (χ2n) is 9.15. The fourth-order valence-electron chi connectivity index (χ4n) is 4.96. The van der Waals surface area contributed by atoms with Crippen LogP contribution in [-0.2, 0) is 0 Å². The fraction of sp³-hybridized carbons (Fsp3) is 0.500. The van der Waals surface area contributed by atoms with Gasteiger partial charge in [-0.2, -0.15) is 0 Å². The molecule has 1 aromatic carbocycles. The van der Waals surface area contributed by atoms with Gasteiger partial charge in [0.25, 0.3) is 11.8 Å². The number of nitrogens with one attached hydrogen (secondary N) is 1. The summed E-state index contributed by atoms with van der Waals surface area (Å²) >= 11 is 0. The van der Waals surface area contributed by atoms with E-state index in [0.717, 1.165) is 17.9 Å². The van der Waals surface area contributed by atoms with E-state index in [1.54, 1.807) is 17.0 Å². The van der Waals surface area contributed by atoms with Crippen molar-refractivity contribution < 1.29 is 14.0 Å². The van der Waals surface area contributed by atoms with E-state index in [9.17, 15) is 14.0 Å². The summed E-state index contributed by atoms with van der Waals surface area (Å²) in [6.45, 7) is 3.71. The number of halogens is 1. The minimum absolute atomic E-state index is 0.0528. The molecule has 32 heavy (non-hydrogen) atoms. The average molecular weight is 438 g/mol. The Morgan fingerprint density at radius 3 is 2.44 bits per heavy atom. The van der Waals surface area contributed by atoms with Crippen molar-refractivity contribution in [2.24, 2.45) is 5.92 Å². The average Bonchev–Trinajstić information content (AvgIpc) is 2.83. The molecule has 5 nitrogen and oxygen atoms in total. The Hall–Kier alpha value is -2.76.